The number of nitrogens with one attached hydrogen (secondary N) is 1. The van der Waals surface area contributed by atoms with Crippen molar-refractivity contribution in [2.24, 2.45) is 0 Å². The molecule has 3 aromatic rings. The molecule has 3 rings (SSSR count). The van der Waals surface area contributed by atoms with Gasteiger partial charge in [-0.3, -0.25) is 4.79 Å². The lowest BCUT2D eigenvalue weighted by atomic mass is 10.2. The van der Waals surface area contributed by atoms with Gasteiger partial charge in [0.2, 0.25) is 5.69 Å². The maximum Gasteiger partial charge on any atom is 0.471 e. The van der Waals surface area contributed by atoms with E-state index in [0.717, 1.165) is 0 Å². The van der Waals surface area contributed by atoms with Crippen molar-refractivity contribution in [2.75, 3.05) is 6.54 Å². The molecule has 0 saturated carbocycles. The molecule has 0 spiro atoms. The minimum Gasteiger partial charge on any atom is -0.464 e. The summed E-state index contributed by atoms with van der Waals surface area (Å²) in [4.78, 5) is 22.4. The third-order valence-corrected chi connectivity index (χ3v) is 4.01. The van der Waals surface area contributed by atoms with Gasteiger partial charge in [0.1, 0.15) is 17.6 Å². The Labute approximate surface area is 155 Å². The highest BCUT2D eigenvalue weighted by atomic mass is 35.5. The molecule has 0 bridgehead atoms. The van der Waals surface area contributed by atoms with Gasteiger partial charge in [0.25, 0.3) is 0 Å². The molecule has 3 aromatic heterocycles. The fourth-order valence-electron chi connectivity index (χ4n) is 2.65. The minimum atomic E-state index is -4.94. The number of furan rings is 1. The molecule has 7 nitrogen and oxygen atoms in total. The van der Waals surface area contributed by atoms with Gasteiger partial charge in [0.15, 0.2) is 5.15 Å². The van der Waals surface area contributed by atoms with Crippen molar-refractivity contribution in [1.29, 1.82) is 0 Å². The van der Waals surface area contributed by atoms with Crippen LogP contribution in [0.4, 0.5) is 18.9 Å². The summed E-state index contributed by atoms with van der Waals surface area (Å²) in [6.07, 6.45) is -2.13. The van der Waals surface area contributed by atoms with E-state index in [4.69, 9.17) is 22.6 Å². The lowest BCUT2D eigenvalue weighted by Gasteiger charge is -2.12. The molecule has 0 aliphatic carbocycles. The Kier molecular flexibility index (Phi) is 5.05. The Balaban J connectivity index is 1.95. The average Bonchev–Trinajstić information content (AvgIpc) is 3.23. The second-order valence-corrected chi connectivity index (χ2v) is 5.76. The Morgan fingerprint density at radius 3 is 2.81 bits per heavy atom. The number of aryl methyl sites for hydroxylation is 1. The zero-order valence-electron chi connectivity index (χ0n) is 13.5. The highest BCUT2D eigenvalue weighted by molar-refractivity contribution is 6.34. The first-order valence-corrected chi connectivity index (χ1v) is 8.01. The molecule has 140 valence electrons. The minimum absolute atomic E-state index is 0.0991. The van der Waals surface area contributed by atoms with Gasteiger partial charge in [-0.25, -0.2) is 14.8 Å². The van der Waals surface area contributed by atoms with E-state index in [1.807, 2.05) is 0 Å². The highest BCUT2D eigenvalue weighted by Crippen LogP contribution is 2.41. The molecule has 1 N–H and O–H groups in total. The van der Waals surface area contributed by atoms with Crippen molar-refractivity contribution < 1.29 is 22.4 Å². The Morgan fingerprint density at radius 1 is 1.41 bits per heavy atom. The van der Waals surface area contributed by atoms with Crippen molar-refractivity contribution in [2.45, 2.75) is 19.1 Å². The molecule has 0 fully saturated rings. The number of fused-ring (bicyclic) bond motifs is 1. The maximum absolute atomic E-state index is 12.3. The third kappa shape index (κ3) is 3.59. The number of carbonyl (C=O) groups is 1. The van der Waals surface area contributed by atoms with E-state index in [-0.39, 0.29) is 30.4 Å². The summed E-state index contributed by atoms with van der Waals surface area (Å²) >= 11 is 6.17. The lowest BCUT2D eigenvalue weighted by molar-refractivity contribution is -0.173. The summed E-state index contributed by atoms with van der Waals surface area (Å²) in [6.45, 7) is 7.42. The molecule has 3 heterocycles. The zero-order chi connectivity index (χ0) is 19.6. The molecule has 0 aliphatic rings. The number of amides is 1. The lowest BCUT2D eigenvalue weighted by Crippen LogP contribution is -2.37. The van der Waals surface area contributed by atoms with E-state index in [9.17, 15) is 18.0 Å². The third-order valence-electron chi connectivity index (χ3n) is 3.73. The Bertz CT molecular complexity index is 1020. The predicted molar refractivity (Wildman–Crippen MR) is 90.2 cm³/mol. The molecule has 0 saturated heterocycles. The zero-order valence-corrected chi connectivity index (χ0v) is 14.3. The average molecular weight is 398 g/mol. The summed E-state index contributed by atoms with van der Waals surface area (Å²) in [5.41, 5.74) is 1.28. The Hall–Kier alpha value is -3.06. The van der Waals surface area contributed by atoms with Crippen molar-refractivity contribution in [1.82, 2.24) is 19.9 Å². The van der Waals surface area contributed by atoms with Crippen molar-refractivity contribution in [3.05, 3.63) is 41.3 Å². The van der Waals surface area contributed by atoms with E-state index < -0.39 is 12.1 Å². The fraction of sp³-hybridized carbons (Fsp3) is 0.250. The van der Waals surface area contributed by atoms with Crippen LogP contribution in [0, 0.1) is 6.57 Å². The van der Waals surface area contributed by atoms with Crippen LogP contribution in [0.1, 0.15) is 6.42 Å². The van der Waals surface area contributed by atoms with Gasteiger partial charge >= 0.3 is 12.1 Å². The number of nitrogens with zero attached hydrogens (tertiary/aromatic N) is 4. The van der Waals surface area contributed by atoms with Crippen LogP contribution in [-0.2, 0) is 11.3 Å². The molecule has 0 radical (unpaired) electrons. The number of carbonyl (C=O) groups excluding carboxylic acids is 1. The van der Waals surface area contributed by atoms with Crippen molar-refractivity contribution >= 4 is 34.2 Å². The smallest absolute Gasteiger partial charge is 0.464 e. The number of halogens is 4. The number of hydrogen-bond donors (Lipinski definition) is 1. The topological polar surface area (TPSA) is 77.3 Å². The molecule has 1 amide bonds. The molecular weight excluding hydrogens is 387 g/mol. The number of aromatic nitrogens is 3. The number of hydrogen-bond acceptors (Lipinski definition) is 4. The number of alkyl halides is 3. The second kappa shape index (κ2) is 7.28. The van der Waals surface area contributed by atoms with E-state index in [1.165, 1.54) is 12.6 Å². The van der Waals surface area contributed by atoms with E-state index in [0.29, 0.717) is 22.5 Å². The van der Waals surface area contributed by atoms with Crippen LogP contribution in [0.25, 0.3) is 27.3 Å². The molecule has 0 aromatic carbocycles. The van der Waals surface area contributed by atoms with Crippen LogP contribution in [0.5, 0.6) is 0 Å². The molecular formula is C16H11ClF3N5O2. The first kappa shape index (κ1) is 18.7. The van der Waals surface area contributed by atoms with Crippen LogP contribution in [0.15, 0.2) is 29.1 Å². The summed E-state index contributed by atoms with van der Waals surface area (Å²) in [5.74, 6) is -1.62. The van der Waals surface area contributed by atoms with E-state index in [2.05, 4.69) is 14.8 Å². The van der Waals surface area contributed by atoms with Gasteiger partial charge in [-0.2, -0.15) is 13.2 Å². The van der Waals surface area contributed by atoms with E-state index >= 15 is 0 Å². The predicted octanol–water partition coefficient (Wildman–Crippen LogP) is 3.96. The highest BCUT2D eigenvalue weighted by Gasteiger charge is 2.38. The standard InChI is InChI=1S/C16H11ClF3N5O2/c1-21-10-11-13(14(17)24-8-23-11)25(12(10)9-4-2-7-27-9)6-3-5-22-15(26)16(18,19)20/h2,4,7-8H,3,5-6H2,(H,22,26). The summed E-state index contributed by atoms with van der Waals surface area (Å²) < 4.78 is 43.8. The fourth-order valence-corrected chi connectivity index (χ4v) is 2.89. The van der Waals surface area contributed by atoms with Crippen LogP contribution in [0.2, 0.25) is 5.15 Å². The number of rotatable bonds is 5. The first-order chi connectivity index (χ1) is 12.8. The van der Waals surface area contributed by atoms with Gasteiger partial charge < -0.3 is 14.3 Å². The van der Waals surface area contributed by atoms with Crippen LogP contribution in [-0.4, -0.2) is 33.2 Å². The summed E-state index contributed by atoms with van der Waals surface area (Å²) in [7, 11) is 0. The maximum atomic E-state index is 12.3. The molecule has 0 aliphatic heterocycles. The SMILES string of the molecule is [C-]#[N+]c1c(-c2ccco2)n(CCCNC(=O)C(F)(F)F)c2c(Cl)ncnc12. The van der Waals surface area contributed by atoms with Crippen molar-refractivity contribution in [3.63, 3.8) is 0 Å². The first-order valence-electron chi connectivity index (χ1n) is 7.63. The van der Waals surface area contributed by atoms with Crippen LogP contribution < -0.4 is 5.32 Å². The van der Waals surface area contributed by atoms with Crippen LogP contribution >= 0.6 is 11.6 Å². The molecule has 0 unspecified atom stereocenters. The largest absolute Gasteiger partial charge is 0.471 e. The molecule has 11 heteroatoms. The monoisotopic (exact) mass is 397 g/mol. The normalized spacial score (nSPS) is 11.5. The Morgan fingerprint density at radius 2 is 2.19 bits per heavy atom. The van der Waals surface area contributed by atoms with Crippen LogP contribution in [0.3, 0.4) is 0 Å². The summed E-state index contributed by atoms with van der Waals surface area (Å²) in [5, 5.41) is 1.90. The van der Waals surface area contributed by atoms with Crippen molar-refractivity contribution in [3.8, 4) is 11.5 Å². The van der Waals surface area contributed by atoms with Gasteiger partial charge in [0.05, 0.1) is 24.0 Å². The summed E-state index contributed by atoms with van der Waals surface area (Å²) in [6, 6.07) is 3.29. The van der Waals surface area contributed by atoms with Gasteiger partial charge in [-0.05, 0) is 18.6 Å². The second-order valence-electron chi connectivity index (χ2n) is 5.41. The van der Waals surface area contributed by atoms with Gasteiger partial charge in [-0.1, -0.05) is 11.6 Å². The molecule has 0 atom stereocenters. The van der Waals surface area contributed by atoms with Gasteiger partial charge in [0, 0.05) is 13.1 Å². The quantitative estimate of drug-likeness (QED) is 0.401. The van der Waals surface area contributed by atoms with E-state index in [1.54, 1.807) is 22.0 Å². The van der Waals surface area contributed by atoms with Gasteiger partial charge in [-0.15, -0.1) is 0 Å². The molecule has 27 heavy (non-hydrogen) atoms.